The zero-order valence-corrected chi connectivity index (χ0v) is 13.3. The number of hydrogen-bond donors (Lipinski definition) is 5. The SMILES string of the molecule is C=C(CCC(=O)Nc1ccc(O)c(C)c1)Nc1ccc(O)c(O)c1. The lowest BCUT2D eigenvalue weighted by Gasteiger charge is -2.11. The van der Waals surface area contributed by atoms with Gasteiger partial charge in [0, 0.05) is 29.6 Å². The highest BCUT2D eigenvalue weighted by Crippen LogP contribution is 2.28. The predicted octanol–water partition coefficient (Wildman–Crippen LogP) is 3.46. The van der Waals surface area contributed by atoms with Crippen molar-refractivity contribution in [3.8, 4) is 17.2 Å². The summed E-state index contributed by atoms with van der Waals surface area (Å²) in [5, 5.41) is 33.9. The first kappa shape index (κ1) is 17.2. The van der Waals surface area contributed by atoms with Crippen molar-refractivity contribution in [2.75, 3.05) is 10.6 Å². The van der Waals surface area contributed by atoms with Crippen LogP contribution in [0.2, 0.25) is 0 Å². The molecule has 24 heavy (non-hydrogen) atoms. The van der Waals surface area contributed by atoms with Gasteiger partial charge in [-0.05, 0) is 49.2 Å². The van der Waals surface area contributed by atoms with Crippen LogP contribution >= 0.6 is 0 Å². The van der Waals surface area contributed by atoms with Crippen molar-refractivity contribution >= 4 is 17.3 Å². The highest BCUT2D eigenvalue weighted by Gasteiger charge is 2.06. The van der Waals surface area contributed by atoms with E-state index in [2.05, 4.69) is 17.2 Å². The number of rotatable bonds is 6. The number of allylic oxidation sites excluding steroid dienone is 1. The molecule has 1 amide bonds. The van der Waals surface area contributed by atoms with Gasteiger partial charge in [-0.3, -0.25) is 4.79 Å². The summed E-state index contributed by atoms with van der Waals surface area (Å²) in [5.74, 6) is -0.415. The standard InChI is InChI=1S/C18H20N2O4/c1-11-9-13(4-6-15(11)21)20-18(24)8-3-12(2)19-14-5-7-16(22)17(23)10-14/h4-7,9-10,19,21-23H,2-3,8H2,1H3,(H,20,24). The van der Waals surface area contributed by atoms with E-state index in [1.807, 2.05) is 0 Å². The quantitative estimate of drug-likeness (QED) is 0.413. The molecule has 0 aliphatic rings. The number of nitrogens with one attached hydrogen (secondary N) is 2. The Morgan fingerprint density at radius 3 is 2.17 bits per heavy atom. The predicted molar refractivity (Wildman–Crippen MR) is 93.2 cm³/mol. The molecule has 126 valence electrons. The van der Waals surface area contributed by atoms with Crippen LogP contribution in [-0.2, 0) is 4.79 Å². The monoisotopic (exact) mass is 328 g/mol. The molecule has 0 unspecified atom stereocenters. The van der Waals surface area contributed by atoms with Gasteiger partial charge in [-0.1, -0.05) is 6.58 Å². The van der Waals surface area contributed by atoms with Gasteiger partial charge in [0.2, 0.25) is 5.91 Å². The van der Waals surface area contributed by atoms with Crippen LogP contribution in [0, 0.1) is 6.92 Å². The van der Waals surface area contributed by atoms with Crippen molar-refractivity contribution in [1.29, 1.82) is 0 Å². The van der Waals surface area contributed by atoms with Gasteiger partial charge in [0.1, 0.15) is 5.75 Å². The van der Waals surface area contributed by atoms with Crippen LogP contribution in [0.3, 0.4) is 0 Å². The first-order valence-corrected chi connectivity index (χ1v) is 7.41. The smallest absolute Gasteiger partial charge is 0.224 e. The number of aryl methyl sites for hydroxylation is 1. The maximum Gasteiger partial charge on any atom is 0.224 e. The van der Waals surface area contributed by atoms with Crippen LogP contribution in [0.4, 0.5) is 11.4 Å². The van der Waals surface area contributed by atoms with Gasteiger partial charge in [-0.15, -0.1) is 0 Å². The van der Waals surface area contributed by atoms with E-state index in [9.17, 15) is 20.1 Å². The third-order valence-corrected chi connectivity index (χ3v) is 3.43. The molecule has 6 nitrogen and oxygen atoms in total. The van der Waals surface area contributed by atoms with E-state index in [1.54, 1.807) is 25.1 Å². The number of benzene rings is 2. The van der Waals surface area contributed by atoms with Gasteiger partial charge in [-0.25, -0.2) is 0 Å². The second-order valence-electron chi connectivity index (χ2n) is 5.48. The number of carbonyl (C=O) groups excluding carboxylic acids is 1. The average Bonchev–Trinajstić information content (AvgIpc) is 2.53. The fraction of sp³-hybridized carbons (Fsp3) is 0.167. The molecule has 0 bridgehead atoms. The largest absolute Gasteiger partial charge is 0.508 e. The fourth-order valence-electron chi connectivity index (χ4n) is 2.09. The van der Waals surface area contributed by atoms with E-state index < -0.39 is 0 Å². The van der Waals surface area contributed by atoms with Gasteiger partial charge < -0.3 is 26.0 Å². The Hall–Kier alpha value is -3.15. The van der Waals surface area contributed by atoms with Crippen LogP contribution < -0.4 is 10.6 Å². The summed E-state index contributed by atoms with van der Waals surface area (Å²) >= 11 is 0. The summed E-state index contributed by atoms with van der Waals surface area (Å²) < 4.78 is 0. The number of anilines is 2. The van der Waals surface area contributed by atoms with Crippen LogP contribution in [0.15, 0.2) is 48.7 Å². The summed E-state index contributed by atoms with van der Waals surface area (Å²) in [7, 11) is 0. The number of aromatic hydroxyl groups is 3. The van der Waals surface area contributed by atoms with Gasteiger partial charge in [0.05, 0.1) is 0 Å². The molecule has 2 rings (SSSR count). The van der Waals surface area contributed by atoms with E-state index in [-0.39, 0.29) is 29.6 Å². The minimum absolute atomic E-state index is 0.170. The Morgan fingerprint density at radius 1 is 0.917 bits per heavy atom. The van der Waals surface area contributed by atoms with E-state index in [1.165, 1.54) is 18.2 Å². The lowest BCUT2D eigenvalue weighted by Crippen LogP contribution is -2.12. The summed E-state index contributed by atoms with van der Waals surface area (Å²) in [5.41, 5.74) is 2.49. The first-order valence-electron chi connectivity index (χ1n) is 7.41. The minimum atomic E-state index is -0.228. The lowest BCUT2D eigenvalue weighted by molar-refractivity contribution is -0.116. The molecule has 2 aromatic rings. The van der Waals surface area contributed by atoms with E-state index >= 15 is 0 Å². The number of hydrogen-bond acceptors (Lipinski definition) is 5. The molecule has 0 aliphatic heterocycles. The fourth-order valence-corrected chi connectivity index (χ4v) is 2.09. The highest BCUT2D eigenvalue weighted by atomic mass is 16.3. The minimum Gasteiger partial charge on any atom is -0.508 e. The molecule has 0 heterocycles. The number of amides is 1. The zero-order valence-electron chi connectivity index (χ0n) is 13.3. The van der Waals surface area contributed by atoms with Crippen molar-refractivity contribution in [3.63, 3.8) is 0 Å². The number of phenols is 3. The van der Waals surface area contributed by atoms with E-state index in [0.717, 1.165) is 0 Å². The zero-order chi connectivity index (χ0) is 17.7. The summed E-state index contributed by atoms with van der Waals surface area (Å²) in [6, 6.07) is 9.19. The van der Waals surface area contributed by atoms with Crippen molar-refractivity contribution < 1.29 is 20.1 Å². The Labute approximate surface area is 140 Å². The summed E-state index contributed by atoms with van der Waals surface area (Å²) in [6.07, 6.45) is 0.639. The molecular formula is C18H20N2O4. The Bertz CT molecular complexity index is 706. The number of phenolic OH excluding ortho intramolecular Hbond substituents is 3. The van der Waals surface area contributed by atoms with Gasteiger partial charge in [0.15, 0.2) is 11.5 Å². The van der Waals surface area contributed by atoms with E-state index in [4.69, 9.17) is 0 Å². The second kappa shape index (κ2) is 7.41. The maximum atomic E-state index is 11.9. The van der Waals surface area contributed by atoms with Crippen LogP contribution in [0.25, 0.3) is 0 Å². The third kappa shape index (κ3) is 4.67. The summed E-state index contributed by atoms with van der Waals surface area (Å²) in [4.78, 5) is 11.9. The van der Waals surface area contributed by atoms with Crippen LogP contribution in [0.5, 0.6) is 17.2 Å². The normalized spacial score (nSPS) is 10.2. The van der Waals surface area contributed by atoms with Gasteiger partial charge >= 0.3 is 0 Å². The molecule has 0 aliphatic carbocycles. The van der Waals surface area contributed by atoms with Crippen LogP contribution in [-0.4, -0.2) is 21.2 Å². The molecule has 6 heteroatoms. The molecule has 0 saturated heterocycles. The first-order chi connectivity index (χ1) is 11.3. The molecule has 2 aromatic carbocycles. The van der Waals surface area contributed by atoms with Crippen molar-refractivity contribution in [2.24, 2.45) is 0 Å². The topological polar surface area (TPSA) is 102 Å². The molecule has 0 atom stereocenters. The Balaban J connectivity index is 1.83. The lowest BCUT2D eigenvalue weighted by atomic mass is 10.2. The third-order valence-electron chi connectivity index (χ3n) is 3.43. The molecule has 0 spiro atoms. The Morgan fingerprint density at radius 2 is 1.54 bits per heavy atom. The molecule has 0 fully saturated rings. The van der Waals surface area contributed by atoms with Crippen LogP contribution in [0.1, 0.15) is 18.4 Å². The molecule has 0 saturated carbocycles. The van der Waals surface area contributed by atoms with E-state index in [0.29, 0.717) is 29.1 Å². The van der Waals surface area contributed by atoms with Crippen molar-refractivity contribution in [2.45, 2.75) is 19.8 Å². The molecule has 0 radical (unpaired) electrons. The van der Waals surface area contributed by atoms with Gasteiger partial charge in [0.25, 0.3) is 0 Å². The number of carbonyl (C=O) groups is 1. The Kier molecular flexibility index (Phi) is 5.31. The maximum absolute atomic E-state index is 11.9. The van der Waals surface area contributed by atoms with Gasteiger partial charge in [-0.2, -0.15) is 0 Å². The summed E-state index contributed by atoms with van der Waals surface area (Å²) in [6.45, 7) is 5.59. The molecule has 5 N–H and O–H groups in total. The molecule has 0 aromatic heterocycles. The average molecular weight is 328 g/mol. The second-order valence-corrected chi connectivity index (χ2v) is 5.48. The molecular weight excluding hydrogens is 308 g/mol. The van der Waals surface area contributed by atoms with Crippen molar-refractivity contribution in [3.05, 3.63) is 54.2 Å². The highest BCUT2D eigenvalue weighted by molar-refractivity contribution is 5.91. The van der Waals surface area contributed by atoms with Crippen molar-refractivity contribution in [1.82, 2.24) is 0 Å².